The molecule has 1 unspecified atom stereocenters. The molecule has 2 aromatic rings. The number of hydrogen-bond donors (Lipinski definition) is 1. The van der Waals surface area contributed by atoms with Crippen LogP contribution in [0.5, 0.6) is 0 Å². The lowest BCUT2D eigenvalue weighted by molar-refractivity contribution is -0.355. The lowest BCUT2D eigenvalue weighted by Gasteiger charge is -2.22. The van der Waals surface area contributed by atoms with Crippen molar-refractivity contribution >= 4 is 5.71 Å². The average Bonchev–Trinajstić information content (AvgIpc) is 3.06. The first-order valence-electron chi connectivity index (χ1n) is 6.24. The maximum Gasteiger partial charge on any atom is 0.458 e. The molecule has 1 aromatic heterocycles. The van der Waals surface area contributed by atoms with Crippen LogP contribution in [0.15, 0.2) is 33.9 Å². The zero-order valence-corrected chi connectivity index (χ0v) is 11.3. The molecule has 1 aromatic carbocycles. The Morgan fingerprint density at radius 1 is 1.18 bits per heavy atom. The van der Waals surface area contributed by atoms with Gasteiger partial charge in [-0.25, -0.2) is 0 Å². The van der Waals surface area contributed by atoms with Crippen molar-refractivity contribution in [2.75, 3.05) is 0 Å². The van der Waals surface area contributed by atoms with Gasteiger partial charge in [0.15, 0.2) is 0 Å². The maximum absolute atomic E-state index is 12.6. The van der Waals surface area contributed by atoms with Gasteiger partial charge in [-0.2, -0.15) is 18.2 Å². The molecule has 0 aliphatic carbocycles. The van der Waals surface area contributed by atoms with Gasteiger partial charge in [0.2, 0.25) is 11.7 Å². The monoisotopic (exact) mass is 313 g/mol. The fraction of sp³-hybridized carbons (Fsp3) is 0.308. The molecule has 0 fully saturated rings. The van der Waals surface area contributed by atoms with Crippen LogP contribution in [0.4, 0.5) is 13.2 Å². The van der Waals surface area contributed by atoms with E-state index >= 15 is 0 Å². The predicted octanol–water partition coefficient (Wildman–Crippen LogP) is 2.42. The summed E-state index contributed by atoms with van der Waals surface area (Å²) in [4.78, 5) is 8.21. The Balaban J connectivity index is 1.80. The topological polar surface area (TPSA) is 80.7 Å². The molecule has 0 saturated carbocycles. The van der Waals surface area contributed by atoms with E-state index in [1.165, 1.54) is 0 Å². The van der Waals surface area contributed by atoms with Crippen LogP contribution >= 0.6 is 0 Å². The summed E-state index contributed by atoms with van der Waals surface area (Å²) in [6.07, 6.45) is -5.68. The quantitative estimate of drug-likeness (QED) is 0.921. The van der Waals surface area contributed by atoms with Crippen LogP contribution < -0.4 is 0 Å². The Kier molecular flexibility index (Phi) is 3.17. The van der Waals surface area contributed by atoms with Crippen LogP contribution in [0, 0.1) is 6.92 Å². The van der Waals surface area contributed by atoms with Crippen LogP contribution in [0.2, 0.25) is 0 Å². The average molecular weight is 313 g/mol. The molecule has 22 heavy (non-hydrogen) atoms. The van der Waals surface area contributed by atoms with E-state index in [1.54, 1.807) is 31.2 Å². The second kappa shape index (κ2) is 4.80. The van der Waals surface area contributed by atoms with Gasteiger partial charge < -0.3 is 14.5 Å². The molecule has 6 nitrogen and oxygen atoms in total. The number of aryl methyl sites for hydroxylation is 1. The van der Waals surface area contributed by atoms with Crippen molar-refractivity contribution in [2.24, 2.45) is 5.16 Å². The van der Waals surface area contributed by atoms with Crippen molar-refractivity contribution in [3.63, 3.8) is 0 Å². The summed E-state index contributed by atoms with van der Waals surface area (Å²) in [5, 5.41) is 16.5. The highest BCUT2D eigenvalue weighted by atomic mass is 19.4. The molecule has 0 amide bonds. The largest absolute Gasteiger partial charge is 0.458 e. The van der Waals surface area contributed by atoms with E-state index in [4.69, 9.17) is 4.52 Å². The van der Waals surface area contributed by atoms with Crippen molar-refractivity contribution in [3.8, 4) is 11.4 Å². The zero-order chi connectivity index (χ0) is 16.0. The number of halogens is 3. The summed E-state index contributed by atoms with van der Waals surface area (Å²) in [6.45, 7) is 1.65. The summed E-state index contributed by atoms with van der Waals surface area (Å²) in [5.41, 5.74) is 1.06. The van der Waals surface area contributed by atoms with Crippen LogP contribution in [-0.4, -0.2) is 32.9 Å². The number of hydrogen-bond acceptors (Lipinski definition) is 6. The number of aromatic nitrogens is 2. The summed E-state index contributed by atoms with van der Waals surface area (Å²) in [5.74, 6) is -2.49. The molecule has 0 radical (unpaired) electrons. The van der Waals surface area contributed by atoms with Gasteiger partial charge in [0.1, 0.15) is 0 Å². The first kappa shape index (κ1) is 14.5. The minimum absolute atomic E-state index is 0.00988. The molecule has 2 heterocycles. The predicted molar refractivity (Wildman–Crippen MR) is 67.7 cm³/mol. The molecule has 1 atom stereocenters. The number of nitrogens with zero attached hydrogens (tertiary/aromatic N) is 3. The van der Waals surface area contributed by atoms with E-state index in [0.717, 1.165) is 0 Å². The van der Waals surface area contributed by atoms with Gasteiger partial charge in [0, 0.05) is 12.5 Å². The first-order chi connectivity index (χ1) is 10.3. The summed E-state index contributed by atoms with van der Waals surface area (Å²) < 4.78 is 42.8. The van der Waals surface area contributed by atoms with Crippen molar-refractivity contribution in [1.29, 1.82) is 0 Å². The van der Waals surface area contributed by atoms with E-state index in [-0.39, 0.29) is 5.71 Å². The van der Waals surface area contributed by atoms with Crippen molar-refractivity contribution in [1.82, 2.24) is 10.1 Å². The molecular weight excluding hydrogens is 303 g/mol. The molecule has 9 heteroatoms. The van der Waals surface area contributed by atoms with Crippen LogP contribution in [0.3, 0.4) is 0 Å². The molecule has 0 bridgehead atoms. The number of aliphatic hydroxyl groups is 1. The van der Waals surface area contributed by atoms with E-state index in [1.807, 2.05) is 0 Å². The van der Waals surface area contributed by atoms with Gasteiger partial charge >= 0.3 is 12.0 Å². The Hall–Kier alpha value is -2.42. The van der Waals surface area contributed by atoms with Gasteiger partial charge in [-0.3, -0.25) is 0 Å². The lowest BCUT2D eigenvalue weighted by Crippen LogP contribution is -2.45. The number of benzene rings is 1. The third-order valence-corrected chi connectivity index (χ3v) is 3.16. The molecule has 1 aliphatic rings. The second-order valence-electron chi connectivity index (χ2n) is 4.80. The molecular formula is C13H10F3N3O3. The van der Waals surface area contributed by atoms with Gasteiger partial charge in [0.25, 0.3) is 0 Å². The van der Waals surface area contributed by atoms with Crippen LogP contribution in [0.1, 0.15) is 17.9 Å². The van der Waals surface area contributed by atoms with E-state index < -0.39 is 18.4 Å². The molecule has 0 spiro atoms. The highest BCUT2D eigenvalue weighted by Gasteiger charge is 2.60. The van der Waals surface area contributed by atoms with Crippen molar-refractivity contribution in [3.05, 3.63) is 35.7 Å². The third-order valence-electron chi connectivity index (χ3n) is 3.16. The fourth-order valence-electron chi connectivity index (χ4n) is 1.96. The number of alkyl halides is 3. The van der Waals surface area contributed by atoms with Gasteiger partial charge in [-0.15, -0.1) is 0 Å². The highest BCUT2D eigenvalue weighted by molar-refractivity contribution is 6.01. The summed E-state index contributed by atoms with van der Waals surface area (Å²) in [6, 6.07) is 6.33. The highest BCUT2D eigenvalue weighted by Crippen LogP contribution is 2.39. The third kappa shape index (κ3) is 2.43. The Morgan fingerprint density at radius 2 is 1.82 bits per heavy atom. The van der Waals surface area contributed by atoms with Crippen LogP contribution in [0.25, 0.3) is 11.4 Å². The molecule has 1 aliphatic heterocycles. The maximum atomic E-state index is 12.6. The number of oxime groups is 1. The summed E-state index contributed by atoms with van der Waals surface area (Å²) >= 11 is 0. The first-order valence-corrected chi connectivity index (χ1v) is 6.24. The standard InChI is InChI=1S/C13H10F3N3O3/c1-7-17-11(19-21-7)9-4-2-8(3-5-9)10-6-12(20,22-18-10)13(14,15)16/h2-5,20H,6H2,1H3. The van der Waals surface area contributed by atoms with E-state index in [9.17, 15) is 18.3 Å². The van der Waals surface area contributed by atoms with Gasteiger partial charge in [-0.1, -0.05) is 34.6 Å². The smallest absolute Gasteiger partial charge is 0.350 e. The van der Waals surface area contributed by atoms with Gasteiger partial charge in [0.05, 0.1) is 12.1 Å². The number of rotatable bonds is 2. The molecule has 0 saturated heterocycles. The zero-order valence-electron chi connectivity index (χ0n) is 11.3. The molecule has 116 valence electrons. The Bertz CT molecular complexity index is 724. The SMILES string of the molecule is Cc1nc(-c2ccc(C3=NOC(O)(C(F)(F)F)C3)cc2)no1. The van der Waals surface area contributed by atoms with Crippen LogP contribution in [-0.2, 0) is 4.84 Å². The summed E-state index contributed by atoms with van der Waals surface area (Å²) in [7, 11) is 0. The molecule has 1 N–H and O–H groups in total. The second-order valence-corrected chi connectivity index (χ2v) is 4.80. The Labute approximate surface area is 122 Å². The van der Waals surface area contributed by atoms with E-state index in [0.29, 0.717) is 22.8 Å². The normalized spacial score (nSPS) is 21.6. The van der Waals surface area contributed by atoms with Crippen molar-refractivity contribution < 1.29 is 27.6 Å². The van der Waals surface area contributed by atoms with Crippen molar-refractivity contribution in [2.45, 2.75) is 25.3 Å². The lowest BCUT2D eigenvalue weighted by atomic mass is 10.0. The molecule has 3 rings (SSSR count). The Morgan fingerprint density at radius 3 is 2.32 bits per heavy atom. The minimum Gasteiger partial charge on any atom is -0.350 e. The van der Waals surface area contributed by atoms with E-state index in [2.05, 4.69) is 20.1 Å². The van der Waals surface area contributed by atoms with Gasteiger partial charge in [-0.05, 0) is 5.56 Å². The minimum atomic E-state index is -4.92. The fourth-order valence-corrected chi connectivity index (χ4v) is 1.96.